The van der Waals surface area contributed by atoms with Gasteiger partial charge in [0, 0.05) is 31.5 Å². The molecule has 4 heteroatoms. The van der Waals surface area contributed by atoms with Gasteiger partial charge in [-0.05, 0) is 37.0 Å². The van der Waals surface area contributed by atoms with Gasteiger partial charge in [0.25, 0.3) is 0 Å². The molecular weight excluding hydrogens is 244 g/mol. The lowest BCUT2D eigenvalue weighted by Gasteiger charge is -2.52. The van der Waals surface area contributed by atoms with Crippen LogP contribution >= 0.6 is 11.8 Å². The third-order valence-corrected chi connectivity index (χ3v) is 6.16. The molecule has 0 amide bonds. The van der Waals surface area contributed by atoms with E-state index in [2.05, 4.69) is 30.5 Å². The fourth-order valence-electron chi connectivity index (χ4n) is 3.53. The van der Waals surface area contributed by atoms with Crippen molar-refractivity contribution < 1.29 is 4.74 Å². The molecule has 2 saturated heterocycles. The molecule has 0 aromatic heterocycles. The monoisotopic (exact) mass is 272 g/mol. The molecule has 2 rings (SSSR count). The number of methoxy groups -OCH3 is 1. The fourth-order valence-corrected chi connectivity index (χ4v) is 5.07. The Labute approximate surface area is 116 Å². The number of thioether (sulfide) groups is 1. The summed E-state index contributed by atoms with van der Waals surface area (Å²) < 4.78 is 5.56. The molecule has 0 bridgehead atoms. The number of hydrogen-bond donors (Lipinski definition) is 1. The Balaban J connectivity index is 2.11. The maximum atomic E-state index is 6.18. The zero-order chi connectivity index (χ0) is 13.2. The second-order valence-electron chi connectivity index (χ2n) is 6.71. The van der Waals surface area contributed by atoms with Crippen molar-refractivity contribution in [2.45, 2.75) is 44.8 Å². The maximum absolute atomic E-state index is 6.18. The van der Waals surface area contributed by atoms with E-state index in [0.29, 0.717) is 11.5 Å². The van der Waals surface area contributed by atoms with Gasteiger partial charge in [0.2, 0.25) is 0 Å². The van der Waals surface area contributed by atoms with Crippen molar-refractivity contribution in [2.75, 3.05) is 38.2 Å². The van der Waals surface area contributed by atoms with Crippen molar-refractivity contribution in [2.24, 2.45) is 11.1 Å². The third kappa shape index (κ3) is 3.03. The lowest BCUT2D eigenvalue weighted by atomic mass is 9.78. The minimum absolute atomic E-state index is 0.198. The number of rotatable bonds is 3. The highest BCUT2D eigenvalue weighted by Crippen LogP contribution is 2.42. The van der Waals surface area contributed by atoms with Crippen LogP contribution < -0.4 is 5.73 Å². The zero-order valence-corrected chi connectivity index (χ0v) is 12.9. The summed E-state index contributed by atoms with van der Waals surface area (Å²) in [4.78, 5) is 2.62. The van der Waals surface area contributed by atoms with Crippen LogP contribution in [-0.4, -0.2) is 54.8 Å². The van der Waals surface area contributed by atoms with Crippen LogP contribution in [0.2, 0.25) is 0 Å². The maximum Gasteiger partial charge on any atom is 0.0698 e. The van der Waals surface area contributed by atoms with Crippen molar-refractivity contribution in [3.05, 3.63) is 0 Å². The molecule has 2 atom stereocenters. The standard InChI is InChI=1S/C14H28N2OS/c1-13(2)8-14(9-15,11-18-10-13)16-6-4-5-12(7-16)17-3/h12H,4-11,15H2,1-3H3. The van der Waals surface area contributed by atoms with Gasteiger partial charge >= 0.3 is 0 Å². The number of nitrogens with zero attached hydrogens (tertiary/aromatic N) is 1. The molecule has 2 heterocycles. The predicted molar refractivity (Wildman–Crippen MR) is 79.1 cm³/mol. The lowest BCUT2D eigenvalue weighted by molar-refractivity contribution is -0.0234. The fraction of sp³-hybridized carbons (Fsp3) is 1.00. The number of hydrogen-bond acceptors (Lipinski definition) is 4. The summed E-state index contributed by atoms with van der Waals surface area (Å²) in [7, 11) is 1.84. The molecule has 0 radical (unpaired) electrons. The van der Waals surface area contributed by atoms with Gasteiger partial charge < -0.3 is 10.5 Å². The normalized spacial score (nSPS) is 37.7. The van der Waals surface area contributed by atoms with Crippen LogP contribution in [0.5, 0.6) is 0 Å². The summed E-state index contributed by atoms with van der Waals surface area (Å²) in [5, 5.41) is 0. The molecule has 18 heavy (non-hydrogen) atoms. The number of piperidine rings is 1. The van der Waals surface area contributed by atoms with E-state index in [0.717, 1.165) is 13.1 Å². The van der Waals surface area contributed by atoms with Gasteiger partial charge in [0.15, 0.2) is 0 Å². The Hall–Kier alpha value is 0.230. The highest BCUT2D eigenvalue weighted by Gasteiger charge is 2.44. The molecule has 2 aliphatic heterocycles. The first-order valence-corrected chi connectivity index (χ1v) is 8.22. The van der Waals surface area contributed by atoms with Crippen LogP contribution in [0.3, 0.4) is 0 Å². The van der Waals surface area contributed by atoms with E-state index in [4.69, 9.17) is 10.5 Å². The molecule has 2 fully saturated rings. The average molecular weight is 272 g/mol. The van der Waals surface area contributed by atoms with E-state index in [-0.39, 0.29) is 5.54 Å². The van der Waals surface area contributed by atoms with Gasteiger partial charge in [0.05, 0.1) is 6.10 Å². The molecule has 0 aliphatic carbocycles. The van der Waals surface area contributed by atoms with Crippen LogP contribution in [0.15, 0.2) is 0 Å². The summed E-state index contributed by atoms with van der Waals surface area (Å²) >= 11 is 2.07. The van der Waals surface area contributed by atoms with Crippen molar-refractivity contribution in [3.63, 3.8) is 0 Å². The van der Waals surface area contributed by atoms with E-state index >= 15 is 0 Å². The lowest BCUT2D eigenvalue weighted by Crippen LogP contribution is -2.62. The van der Waals surface area contributed by atoms with Crippen molar-refractivity contribution in [1.82, 2.24) is 4.90 Å². The molecule has 106 valence electrons. The zero-order valence-electron chi connectivity index (χ0n) is 12.1. The summed E-state index contributed by atoms with van der Waals surface area (Å²) in [5.74, 6) is 2.44. The van der Waals surface area contributed by atoms with Crippen LogP contribution in [-0.2, 0) is 4.74 Å². The van der Waals surface area contributed by atoms with Crippen LogP contribution in [0.4, 0.5) is 0 Å². The van der Waals surface area contributed by atoms with Crippen LogP contribution in [0.1, 0.15) is 33.1 Å². The van der Waals surface area contributed by atoms with Crippen molar-refractivity contribution in [1.29, 1.82) is 0 Å². The topological polar surface area (TPSA) is 38.5 Å². The summed E-state index contributed by atoms with van der Waals surface area (Å²) in [6, 6.07) is 0. The molecule has 2 aliphatic rings. The Kier molecular flexibility index (Phi) is 4.63. The molecular formula is C14H28N2OS. The van der Waals surface area contributed by atoms with Crippen LogP contribution in [0.25, 0.3) is 0 Å². The molecule has 2 unspecified atom stereocenters. The van der Waals surface area contributed by atoms with Gasteiger partial charge in [-0.3, -0.25) is 4.90 Å². The summed E-state index contributed by atoms with van der Waals surface area (Å²) in [6.07, 6.45) is 4.06. The second-order valence-corrected chi connectivity index (χ2v) is 7.69. The summed E-state index contributed by atoms with van der Waals surface area (Å²) in [5.41, 5.74) is 6.78. The minimum Gasteiger partial charge on any atom is -0.380 e. The first kappa shape index (κ1) is 14.6. The molecule has 0 aromatic carbocycles. The van der Waals surface area contributed by atoms with E-state index in [1.807, 2.05) is 7.11 Å². The van der Waals surface area contributed by atoms with Gasteiger partial charge in [-0.1, -0.05) is 13.8 Å². The predicted octanol–water partition coefficient (Wildman–Crippen LogP) is 1.96. The molecule has 2 N–H and O–H groups in total. The minimum atomic E-state index is 0.198. The Bertz CT molecular complexity index is 285. The molecule has 0 spiro atoms. The van der Waals surface area contributed by atoms with E-state index in [9.17, 15) is 0 Å². The summed E-state index contributed by atoms with van der Waals surface area (Å²) in [6.45, 7) is 7.78. The van der Waals surface area contributed by atoms with E-state index in [1.54, 1.807) is 0 Å². The van der Waals surface area contributed by atoms with Gasteiger partial charge in [-0.25, -0.2) is 0 Å². The largest absolute Gasteiger partial charge is 0.380 e. The van der Waals surface area contributed by atoms with Crippen LogP contribution in [0, 0.1) is 5.41 Å². The quantitative estimate of drug-likeness (QED) is 0.852. The Morgan fingerprint density at radius 2 is 2.17 bits per heavy atom. The molecule has 0 saturated carbocycles. The van der Waals surface area contributed by atoms with E-state index < -0.39 is 0 Å². The Morgan fingerprint density at radius 3 is 2.78 bits per heavy atom. The van der Waals surface area contributed by atoms with Gasteiger partial charge in [-0.15, -0.1) is 0 Å². The number of ether oxygens (including phenoxy) is 1. The molecule has 3 nitrogen and oxygen atoms in total. The first-order chi connectivity index (χ1) is 8.51. The van der Waals surface area contributed by atoms with Crippen molar-refractivity contribution >= 4 is 11.8 Å². The SMILES string of the molecule is COC1CCCN(C2(CN)CSCC(C)(C)C2)C1. The Morgan fingerprint density at radius 1 is 1.39 bits per heavy atom. The first-order valence-electron chi connectivity index (χ1n) is 7.07. The van der Waals surface area contributed by atoms with Gasteiger partial charge in [-0.2, -0.15) is 11.8 Å². The third-order valence-electron chi connectivity index (χ3n) is 4.43. The average Bonchev–Trinajstić information content (AvgIpc) is 2.37. The van der Waals surface area contributed by atoms with Gasteiger partial charge in [0.1, 0.15) is 0 Å². The molecule has 0 aromatic rings. The highest BCUT2D eigenvalue weighted by molar-refractivity contribution is 7.99. The number of likely N-dealkylation sites (tertiary alicyclic amines) is 1. The highest BCUT2D eigenvalue weighted by atomic mass is 32.2. The smallest absolute Gasteiger partial charge is 0.0698 e. The van der Waals surface area contributed by atoms with Crippen molar-refractivity contribution in [3.8, 4) is 0 Å². The second kappa shape index (κ2) is 5.70. The van der Waals surface area contributed by atoms with E-state index in [1.165, 1.54) is 37.3 Å². The number of nitrogens with two attached hydrogens (primary N) is 1.